The van der Waals surface area contributed by atoms with E-state index in [-0.39, 0.29) is 20.7 Å². The van der Waals surface area contributed by atoms with Crippen LogP contribution in [0, 0.1) is 5.41 Å². The Hall–Kier alpha value is -1.15. The first kappa shape index (κ1) is 20.9. The van der Waals surface area contributed by atoms with Crippen LogP contribution >= 0.6 is 23.2 Å². The molecule has 0 spiro atoms. The Balaban J connectivity index is 2.75. The maximum atomic E-state index is 12.2. The Kier molecular flexibility index (Phi) is 6.81. The van der Waals surface area contributed by atoms with Gasteiger partial charge in [-0.2, -0.15) is 4.72 Å². The first-order chi connectivity index (χ1) is 10.8. The lowest BCUT2D eigenvalue weighted by Gasteiger charge is -2.18. The fourth-order valence-electron chi connectivity index (χ4n) is 1.47. The highest BCUT2D eigenvalue weighted by Crippen LogP contribution is 2.24. The smallest absolute Gasteiger partial charge is 0.324 e. The maximum absolute atomic E-state index is 12.2. The molecule has 0 radical (unpaired) electrons. The first-order valence-corrected chi connectivity index (χ1v) is 9.26. The van der Waals surface area contributed by atoms with Gasteiger partial charge in [0.1, 0.15) is 6.04 Å². The average molecular weight is 396 g/mol. The van der Waals surface area contributed by atoms with Crippen molar-refractivity contribution in [3.05, 3.63) is 28.2 Å². The summed E-state index contributed by atoms with van der Waals surface area (Å²) in [5.74, 6) is -1.12. The van der Waals surface area contributed by atoms with E-state index in [0.717, 1.165) is 0 Å². The van der Waals surface area contributed by atoms with Gasteiger partial charge in [0, 0.05) is 5.41 Å². The van der Waals surface area contributed by atoms with Crippen LogP contribution in [0.3, 0.4) is 0 Å². The molecule has 0 bridgehead atoms. The van der Waals surface area contributed by atoms with Gasteiger partial charge in [0.25, 0.3) is 0 Å². The van der Waals surface area contributed by atoms with E-state index >= 15 is 0 Å². The second-order valence-electron chi connectivity index (χ2n) is 6.20. The molecule has 1 aromatic carbocycles. The summed E-state index contributed by atoms with van der Waals surface area (Å²) in [4.78, 5) is 23.4. The third-order valence-corrected chi connectivity index (χ3v) is 5.35. The molecule has 0 saturated heterocycles. The van der Waals surface area contributed by atoms with Gasteiger partial charge in [-0.25, -0.2) is 8.42 Å². The van der Waals surface area contributed by atoms with Gasteiger partial charge in [-0.1, -0.05) is 44.0 Å². The largest absolute Gasteiger partial charge is 0.456 e. The standard InChI is InChI=1S/C15H19Cl2NO5S/c1-9(14(20)23-8-13(19)15(2,3)4)18-24(21,22)10-5-6-11(16)12(17)7-10/h5-7,9,18H,8H2,1-4H3/t9-/m0/s1. The van der Waals surface area contributed by atoms with E-state index in [9.17, 15) is 18.0 Å². The van der Waals surface area contributed by atoms with Crippen LogP contribution in [0.5, 0.6) is 0 Å². The SMILES string of the molecule is C[C@H](NS(=O)(=O)c1ccc(Cl)c(Cl)c1)C(=O)OCC(=O)C(C)(C)C. The van der Waals surface area contributed by atoms with Crippen molar-refractivity contribution >= 4 is 45.0 Å². The van der Waals surface area contributed by atoms with Crippen molar-refractivity contribution in [1.82, 2.24) is 4.72 Å². The topological polar surface area (TPSA) is 89.5 Å². The van der Waals surface area contributed by atoms with Gasteiger partial charge in [-0.05, 0) is 25.1 Å². The summed E-state index contributed by atoms with van der Waals surface area (Å²) >= 11 is 11.5. The fourth-order valence-corrected chi connectivity index (χ4v) is 3.05. The number of esters is 1. The van der Waals surface area contributed by atoms with Crippen molar-refractivity contribution in [1.29, 1.82) is 0 Å². The molecular formula is C15H19Cl2NO5S. The van der Waals surface area contributed by atoms with Crippen molar-refractivity contribution in [3.63, 3.8) is 0 Å². The van der Waals surface area contributed by atoms with Crippen molar-refractivity contribution < 1.29 is 22.7 Å². The molecule has 0 aliphatic rings. The predicted molar refractivity (Wildman–Crippen MR) is 91.7 cm³/mol. The van der Waals surface area contributed by atoms with Crippen LogP contribution in [0.4, 0.5) is 0 Å². The second-order valence-corrected chi connectivity index (χ2v) is 8.73. The van der Waals surface area contributed by atoms with Gasteiger partial charge in [-0.15, -0.1) is 0 Å². The molecule has 9 heteroatoms. The molecule has 1 aromatic rings. The van der Waals surface area contributed by atoms with Crippen molar-refractivity contribution in [2.45, 2.75) is 38.6 Å². The summed E-state index contributed by atoms with van der Waals surface area (Å²) in [5, 5.41) is 0.286. The highest BCUT2D eigenvalue weighted by Gasteiger charge is 2.26. The van der Waals surface area contributed by atoms with E-state index in [0.29, 0.717) is 0 Å². The summed E-state index contributed by atoms with van der Waals surface area (Å²) in [5.41, 5.74) is -0.650. The monoisotopic (exact) mass is 395 g/mol. The van der Waals surface area contributed by atoms with E-state index in [2.05, 4.69) is 4.72 Å². The highest BCUT2D eigenvalue weighted by atomic mass is 35.5. The molecule has 0 unspecified atom stereocenters. The van der Waals surface area contributed by atoms with Crippen molar-refractivity contribution in [3.8, 4) is 0 Å². The molecule has 0 amide bonds. The van der Waals surface area contributed by atoms with Gasteiger partial charge in [-0.3, -0.25) is 9.59 Å². The first-order valence-electron chi connectivity index (χ1n) is 7.02. The van der Waals surface area contributed by atoms with Gasteiger partial charge in [0.05, 0.1) is 14.9 Å². The minimum Gasteiger partial charge on any atom is -0.456 e. The number of nitrogens with one attached hydrogen (secondary N) is 1. The average Bonchev–Trinajstić information content (AvgIpc) is 2.45. The van der Waals surface area contributed by atoms with Crippen LogP contribution in [0.15, 0.2) is 23.1 Å². The Bertz CT molecular complexity index is 741. The third kappa shape index (κ3) is 5.73. The quantitative estimate of drug-likeness (QED) is 0.747. The Morgan fingerprint density at radius 2 is 1.79 bits per heavy atom. The van der Waals surface area contributed by atoms with Gasteiger partial charge >= 0.3 is 5.97 Å². The molecule has 1 atom stereocenters. The zero-order valence-electron chi connectivity index (χ0n) is 13.7. The molecule has 1 N–H and O–H groups in total. The lowest BCUT2D eigenvalue weighted by atomic mass is 9.91. The summed E-state index contributed by atoms with van der Waals surface area (Å²) in [7, 11) is -3.99. The number of ketones is 1. The lowest BCUT2D eigenvalue weighted by Crippen LogP contribution is -2.40. The minimum atomic E-state index is -3.99. The van der Waals surface area contributed by atoms with Gasteiger partial charge in [0.15, 0.2) is 12.4 Å². The molecule has 134 valence electrons. The van der Waals surface area contributed by atoms with Crippen LogP contribution in [-0.4, -0.2) is 32.8 Å². The van der Waals surface area contributed by atoms with Crippen LogP contribution in [0.25, 0.3) is 0 Å². The van der Waals surface area contributed by atoms with Crippen molar-refractivity contribution in [2.75, 3.05) is 6.61 Å². The molecule has 0 saturated carbocycles. The maximum Gasteiger partial charge on any atom is 0.324 e. The Morgan fingerprint density at radius 1 is 1.21 bits per heavy atom. The number of hydrogen-bond acceptors (Lipinski definition) is 5. The molecule has 0 aliphatic heterocycles. The summed E-state index contributed by atoms with van der Waals surface area (Å²) in [6, 6.07) is 2.60. The number of carbonyl (C=O) groups excluding carboxylic acids is 2. The number of rotatable bonds is 6. The van der Waals surface area contributed by atoms with E-state index in [1.165, 1.54) is 25.1 Å². The number of halogens is 2. The van der Waals surface area contributed by atoms with Gasteiger partial charge < -0.3 is 4.74 Å². The molecule has 0 aromatic heterocycles. The number of ether oxygens (including phenoxy) is 1. The fraction of sp³-hybridized carbons (Fsp3) is 0.467. The molecule has 6 nitrogen and oxygen atoms in total. The number of Topliss-reactive ketones (excluding diaryl/α,β-unsaturated/α-hetero) is 1. The summed E-state index contributed by atoms with van der Waals surface area (Å²) in [6.07, 6.45) is 0. The van der Waals surface area contributed by atoms with Crippen LogP contribution < -0.4 is 4.72 Å². The molecule has 24 heavy (non-hydrogen) atoms. The number of benzene rings is 1. The number of hydrogen-bond donors (Lipinski definition) is 1. The molecule has 1 rings (SSSR count). The normalized spacial score (nSPS) is 13.4. The van der Waals surface area contributed by atoms with E-state index in [1.807, 2.05) is 0 Å². The summed E-state index contributed by atoms with van der Waals surface area (Å²) in [6.45, 7) is 5.99. The number of carbonyl (C=O) groups is 2. The second kappa shape index (κ2) is 7.82. The van der Waals surface area contributed by atoms with Crippen LogP contribution in [-0.2, 0) is 24.3 Å². The zero-order valence-corrected chi connectivity index (χ0v) is 16.1. The summed E-state index contributed by atoms with van der Waals surface area (Å²) < 4.78 is 31.5. The lowest BCUT2D eigenvalue weighted by molar-refractivity contribution is -0.151. The van der Waals surface area contributed by atoms with E-state index in [1.54, 1.807) is 20.8 Å². The molecule has 0 heterocycles. The predicted octanol–water partition coefficient (Wildman–Crippen LogP) is 2.82. The third-order valence-electron chi connectivity index (χ3n) is 3.07. The Labute approximate surface area is 151 Å². The van der Waals surface area contributed by atoms with Crippen molar-refractivity contribution in [2.24, 2.45) is 5.41 Å². The van der Waals surface area contributed by atoms with E-state index < -0.39 is 34.1 Å². The minimum absolute atomic E-state index is 0.0746. The van der Waals surface area contributed by atoms with Crippen LogP contribution in [0.1, 0.15) is 27.7 Å². The number of sulfonamides is 1. The zero-order chi connectivity index (χ0) is 18.7. The van der Waals surface area contributed by atoms with Gasteiger partial charge in [0.2, 0.25) is 10.0 Å². The molecular weight excluding hydrogens is 377 g/mol. The Morgan fingerprint density at radius 3 is 2.29 bits per heavy atom. The van der Waals surface area contributed by atoms with Crippen LogP contribution in [0.2, 0.25) is 10.0 Å². The molecule has 0 fully saturated rings. The highest BCUT2D eigenvalue weighted by molar-refractivity contribution is 7.89. The van der Waals surface area contributed by atoms with E-state index in [4.69, 9.17) is 27.9 Å². The molecule has 0 aliphatic carbocycles.